The van der Waals surface area contributed by atoms with Gasteiger partial charge in [0.15, 0.2) is 0 Å². The van der Waals surface area contributed by atoms with Crippen LogP contribution in [0.5, 0.6) is 0 Å². The van der Waals surface area contributed by atoms with E-state index >= 15 is 0 Å². The van der Waals surface area contributed by atoms with Gasteiger partial charge in [0.2, 0.25) is 0 Å². The minimum absolute atomic E-state index is 0.835. The van der Waals surface area contributed by atoms with Crippen LogP contribution in [0.2, 0.25) is 0 Å². The maximum absolute atomic E-state index is 5.21. The van der Waals surface area contributed by atoms with Crippen LogP contribution in [0.3, 0.4) is 0 Å². The lowest BCUT2D eigenvalue weighted by Gasteiger charge is -2.33. The van der Waals surface area contributed by atoms with Crippen LogP contribution in [0.4, 0.5) is 5.82 Å². The first-order chi connectivity index (χ1) is 14.2. The van der Waals surface area contributed by atoms with Crippen molar-refractivity contribution in [1.82, 2.24) is 15.1 Å². The Hall–Kier alpha value is -2.77. The van der Waals surface area contributed by atoms with Gasteiger partial charge in [-0.15, -0.1) is 11.3 Å². The molecular formula is C22H24N5OS+. The monoisotopic (exact) mass is 406 g/mol. The van der Waals surface area contributed by atoms with E-state index in [2.05, 4.69) is 45.8 Å². The molecule has 148 valence electrons. The third kappa shape index (κ3) is 3.63. The summed E-state index contributed by atoms with van der Waals surface area (Å²) in [5.41, 5.74) is 3.49. The number of fused-ring (bicyclic) bond motifs is 1. The van der Waals surface area contributed by atoms with Crippen LogP contribution >= 0.6 is 11.3 Å². The van der Waals surface area contributed by atoms with Crippen LogP contribution in [-0.4, -0.2) is 41.3 Å². The summed E-state index contributed by atoms with van der Waals surface area (Å²) in [7, 11) is 0. The van der Waals surface area contributed by atoms with Crippen LogP contribution in [0.15, 0.2) is 46.3 Å². The molecule has 0 amide bonds. The van der Waals surface area contributed by atoms with Crippen molar-refractivity contribution in [2.24, 2.45) is 0 Å². The number of hydrogen-bond donors (Lipinski definition) is 1. The van der Waals surface area contributed by atoms with Crippen molar-refractivity contribution in [2.45, 2.75) is 20.4 Å². The predicted molar refractivity (Wildman–Crippen MR) is 115 cm³/mol. The molecule has 1 aliphatic heterocycles. The van der Waals surface area contributed by atoms with Gasteiger partial charge in [0.1, 0.15) is 34.5 Å². The van der Waals surface area contributed by atoms with E-state index in [1.807, 2.05) is 19.9 Å². The molecule has 3 aromatic heterocycles. The second kappa shape index (κ2) is 7.57. The molecule has 0 aliphatic carbocycles. The Morgan fingerprint density at radius 2 is 1.90 bits per heavy atom. The van der Waals surface area contributed by atoms with Crippen LogP contribution in [0, 0.1) is 13.8 Å². The molecule has 0 radical (unpaired) electrons. The fourth-order valence-corrected chi connectivity index (χ4v) is 5.04. The Morgan fingerprint density at radius 1 is 1.10 bits per heavy atom. The summed E-state index contributed by atoms with van der Waals surface area (Å²) in [5, 5.41) is 7.55. The molecule has 1 aromatic carbocycles. The molecule has 6 nitrogen and oxygen atoms in total. The molecule has 0 atom stereocenters. The van der Waals surface area contributed by atoms with E-state index in [1.165, 1.54) is 21.4 Å². The summed E-state index contributed by atoms with van der Waals surface area (Å²) in [4.78, 5) is 14.6. The van der Waals surface area contributed by atoms with Gasteiger partial charge >= 0.3 is 0 Å². The molecule has 4 heterocycles. The van der Waals surface area contributed by atoms with Gasteiger partial charge in [-0.3, -0.25) is 0 Å². The smallest absolute Gasteiger partial charge is 0.142 e. The van der Waals surface area contributed by atoms with Crippen LogP contribution in [0.25, 0.3) is 21.3 Å². The van der Waals surface area contributed by atoms with E-state index < -0.39 is 0 Å². The molecule has 29 heavy (non-hydrogen) atoms. The zero-order valence-corrected chi connectivity index (χ0v) is 17.5. The molecule has 1 aliphatic rings. The first kappa shape index (κ1) is 18.3. The van der Waals surface area contributed by atoms with Gasteiger partial charge < -0.3 is 14.3 Å². The topological polar surface area (TPSA) is 59.5 Å². The van der Waals surface area contributed by atoms with Gasteiger partial charge in [-0.1, -0.05) is 35.5 Å². The van der Waals surface area contributed by atoms with Gasteiger partial charge in [0, 0.05) is 17.0 Å². The summed E-state index contributed by atoms with van der Waals surface area (Å²) in [6.07, 6.45) is 0. The van der Waals surface area contributed by atoms with E-state index in [4.69, 9.17) is 14.5 Å². The van der Waals surface area contributed by atoms with E-state index in [0.717, 1.165) is 60.7 Å². The number of anilines is 1. The van der Waals surface area contributed by atoms with Crippen LogP contribution < -0.4 is 9.80 Å². The number of thiophene rings is 1. The Balaban J connectivity index is 1.42. The largest absolute Gasteiger partial charge is 0.361 e. The molecule has 7 heteroatoms. The third-order valence-corrected chi connectivity index (χ3v) is 6.36. The standard InChI is InChI=1S/C22H23N5OS/c1-15-12-18(25-28-15)13-26-8-10-27(11-9-26)21-20-19(17-6-4-3-5-7-17)14-29-22(20)24-16(2)23-21/h3-7,12,14H,8-11,13H2,1-2H3/p+1. The lowest BCUT2D eigenvalue weighted by molar-refractivity contribution is -0.914. The minimum Gasteiger partial charge on any atom is -0.361 e. The Bertz CT molecular complexity index is 1130. The first-order valence-electron chi connectivity index (χ1n) is 9.99. The second-order valence-corrected chi connectivity index (χ2v) is 8.49. The number of piperazine rings is 1. The molecule has 1 saturated heterocycles. The zero-order valence-electron chi connectivity index (χ0n) is 16.7. The van der Waals surface area contributed by atoms with Crippen molar-refractivity contribution < 1.29 is 9.42 Å². The van der Waals surface area contributed by atoms with Gasteiger partial charge in [0.25, 0.3) is 0 Å². The maximum atomic E-state index is 5.21. The van der Waals surface area contributed by atoms with Crippen molar-refractivity contribution in [3.8, 4) is 11.1 Å². The highest BCUT2D eigenvalue weighted by atomic mass is 32.1. The van der Waals surface area contributed by atoms with E-state index in [0.29, 0.717) is 0 Å². The minimum atomic E-state index is 0.835. The van der Waals surface area contributed by atoms with E-state index in [9.17, 15) is 0 Å². The van der Waals surface area contributed by atoms with Crippen molar-refractivity contribution in [3.63, 3.8) is 0 Å². The molecule has 0 spiro atoms. The van der Waals surface area contributed by atoms with Gasteiger partial charge in [-0.2, -0.15) is 0 Å². The normalized spacial score (nSPS) is 15.3. The summed E-state index contributed by atoms with van der Waals surface area (Å²) in [5.74, 6) is 2.79. The first-order valence-corrected chi connectivity index (χ1v) is 10.9. The highest BCUT2D eigenvalue weighted by Crippen LogP contribution is 2.38. The highest BCUT2D eigenvalue weighted by molar-refractivity contribution is 7.17. The Morgan fingerprint density at radius 3 is 2.62 bits per heavy atom. The fourth-order valence-electron chi connectivity index (χ4n) is 4.06. The van der Waals surface area contributed by atoms with Gasteiger partial charge in [-0.05, 0) is 19.4 Å². The van der Waals surface area contributed by atoms with Crippen LogP contribution in [0.1, 0.15) is 17.3 Å². The second-order valence-electron chi connectivity index (χ2n) is 7.63. The molecule has 1 fully saturated rings. The van der Waals surface area contributed by atoms with Crippen LogP contribution in [-0.2, 0) is 6.54 Å². The molecule has 0 saturated carbocycles. The summed E-state index contributed by atoms with van der Waals surface area (Å²) >= 11 is 1.70. The van der Waals surface area contributed by atoms with Crippen molar-refractivity contribution in [1.29, 1.82) is 0 Å². The molecular weight excluding hydrogens is 382 g/mol. The molecule has 1 N–H and O–H groups in total. The summed E-state index contributed by atoms with van der Waals surface area (Å²) < 4.78 is 5.21. The Labute approximate surface area is 173 Å². The van der Waals surface area contributed by atoms with Crippen molar-refractivity contribution >= 4 is 27.4 Å². The van der Waals surface area contributed by atoms with Crippen molar-refractivity contribution in [2.75, 3.05) is 31.1 Å². The zero-order chi connectivity index (χ0) is 19.8. The van der Waals surface area contributed by atoms with Gasteiger partial charge in [-0.25, -0.2) is 9.97 Å². The number of nitrogens with zero attached hydrogens (tertiary/aromatic N) is 4. The number of benzene rings is 1. The highest BCUT2D eigenvalue weighted by Gasteiger charge is 2.25. The number of quaternary nitrogens is 1. The summed E-state index contributed by atoms with van der Waals surface area (Å²) in [6.45, 7) is 8.90. The number of aromatic nitrogens is 3. The maximum Gasteiger partial charge on any atom is 0.142 e. The number of nitrogens with one attached hydrogen (secondary N) is 1. The average Bonchev–Trinajstić information content (AvgIpc) is 3.34. The molecule has 0 bridgehead atoms. The Kier molecular flexibility index (Phi) is 4.77. The predicted octanol–water partition coefficient (Wildman–Crippen LogP) is 2.87. The van der Waals surface area contributed by atoms with Gasteiger partial charge in [0.05, 0.1) is 31.6 Å². The van der Waals surface area contributed by atoms with Crippen molar-refractivity contribution in [3.05, 3.63) is 59.1 Å². The third-order valence-electron chi connectivity index (χ3n) is 5.49. The lowest BCUT2D eigenvalue weighted by atomic mass is 10.1. The lowest BCUT2D eigenvalue weighted by Crippen LogP contribution is -3.13. The molecule has 0 unspecified atom stereocenters. The summed E-state index contributed by atoms with van der Waals surface area (Å²) in [6, 6.07) is 12.6. The SMILES string of the molecule is Cc1nc(N2CC[NH+](Cc3cc(C)on3)CC2)c2c(-c3ccccc3)csc2n1. The fraction of sp³-hybridized carbons (Fsp3) is 0.318. The van der Waals surface area contributed by atoms with E-state index in [1.54, 1.807) is 11.3 Å². The number of rotatable bonds is 4. The number of hydrogen-bond acceptors (Lipinski definition) is 6. The average molecular weight is 407 g/mol. The van der Waals surface area contributed by atoms with E-state index in [-0.39, 0.29) is 0 Å². The molecule has 4 aromatic rings. The molecule has 5 rings (SSSR count). The number of aryl methyl sites for hydroxylation is 2. The quantitative estimate of drug-likeness (QED) is 0.565.